The fourth-order valence-electron chi connectivity index (χ4n) is 3.58. The van der Waals surface area contributed by atoms with E-state index in [1.54, 1.807) is 0 Å². The van der Waals surface area contributed by atoms with Crippen LogP contribution in [0.5, 0.6) is 0 Å². The Hall–Kier alpha value is -0.270. The number of likely N-dealkylation sites (N-methyl/N-ethyl adjacent to an activating group) is 1. The summed E-state index contributed by atoms with van der Waals surface area (Å²) in [5.74, 6) is 0. The average molecular weight is 523 g/mol. The number of ether oxygens (including phenoxy) is 1. The molecule has 0 rings (SSSR count). The van der Waals surface area contributed by atoms with E-state index in [0.717, 1.165) is 12.8 Å². The molecule has 0 aromatic heterocycles. The van der Waals surface area contributed by atoms with E-state index in [1.807, 2.05) is 21.1 Å². The van der Waals surface area contributed by atoms with Gasteiger partial charge in [-0.25, -0.2) is 4.57 Å². The van der Waals surface area contributed by atoms with Gasteiger partial charge in [-0.2, -0.15) is 0 Å². The van der Waals surface area contributed by atoms with Gasteiger partial charge in [0.15, 0.2) is 0 Å². The minimum absolute atomic E-state index is 0.0611. The first kappa shape index (κ1) is 34.7. The number of allylic oxidation sites excluding steroid dienone is 1. The van der Waals surface area contributed by atoms with Crippen molar-refractivity contribution in [2.24, 2.45) is 0 Å². The second-order valence-electron chi connectivity index (χ2n) is 10.6. The third-order valence-corrected chi connectivity index (χ3v) is 6.81. The normalized spacial score (nSPS) is 15.0. The first-order valence-electron chi connectivity index (χ1n) is 14.0. The number of hydrogen-bond donors (Lipinski definition) is 2. The van der Waals surface area contributed by atoms with E-state index in [2.05, 4.69) is 19.1 Å². The molecule has 0 fully saturated rings. The van der Waals surface area contributed by atoms with Crippen LogP contribution in [-0.2, 0) is 18.3 Å². The maximum absolute atomic E-state index is 11.8. The van der Waals surface area contributed by atoms with Crippen LogP contribution in [0.1, 0.15) is 103 Å². The molecule has 8 heteroatoms. The van der Waals surface area contributed by atoms with Crippen LogP contribution in [0, 0.1) is 0 Å². The Morgan fingerprint density at radius 1 is 0.743 bits per heavy atom. The molecular weight excluding hydrogens is 465 g/mol. The van der Waals surface area contributed by atoms with Crippen LogP contribution in [0.2, 0.25) is 0 Å². The van der Waals surface area contributed by atoms with Gasteiger partial charge in [-0.05, 0) is 19.3 Å². The van der Waals surface area contributed by atoms with Crippen LogP contribution in [0.25, 0.3) is 0 Å². The molecule has 0 aromatic rings. The number of nitrogens with zero attached hydrogens (tertiary/aromatic N) is 1. The summed E-state index contributed by atoms with van der Waals surface area (Å²) in [4.78, 5) is 9.64. The van der Waals surface area contributed by atoms with Crippen LogP contribution in [0.3, 0.4) is 0 Å². The molecule has 0 aliphatic carbocycles. The Kier molecular flexibility index (Phi) is 22.7. The van der Waals surface area contributed by atoms with Gasteiger partial charge in [0.05, 0.1) is 41.0 Å². The molecule has 0 radical (unpaired) electrons. The van der Waals surface area contributed by atoms with Gasteiger partial charge < -0.3 is 19.2 Å². The van der Waals surface area contributed by atoms with Gasteiger partial charge in [0, 0.05) is 0 Å². The SMILES string of the molecule is CCCCCCCCCCCCCCC/C=C\CCOC[C@@H](O)COP(=O)(O)OCC[N+](C)(C)C. The maximum Gasteiger partial charge on any atom is 0.472 e. The van der Waals surface area contributed by atoms with Crippen molar-refractivity contribution < 1.29 is 32.8 Å². The number of unbranched alkanes of at least 4 members (excludes halogenated alkanes) is 13. The summed E-state index contributed by atoms with van der Waals surface area (Å²) in [7, 11) is 1.73. The van der Waals surface area contributed by atoms with Gasteiger partial charge in [-0.1, -0.05) is 96.1 Å². The van der Waals surface area contributed by atoms with Crippen LogP contribution < -0.4 is 0 Å². The topological polar surface area (TPSA) is 85.2 Å². The van der Waals surface area contributed by atoms with Gasteiger partial charge in [0.25, 0.3) is 0 Å². The number of phosphoric acid groups is 1. The minimum atomic E-state index is -4.15. The highest BCUT2D eigenvalue weighted by Crippen LogP contribution is 2.43. The lowest BCUT2D eigenvalue weighted by atomic mass is 10.0. The maximum atomic E-state index is 11.8. The molecule has 0 aromatic carbocycles. The predicted molar refractivity (Wildman–Crippen MR) is 146 cm³/mol. The number of aliphatic hydroxyl groups excluding tert-OH is 1. The number of hydrogen-bond acceptors (Lipinski definition) is 5. The molecule has 0 saturated heterocycles. The third-order valence-electron chi connectivity index (χ3n) is 5.83. The van der Waals surface area contributed by atoms with Crippen LogP contribution in [0.15, 0.2) is 12.2 Å². The Bertz CT molecular complexity index is 538. The van der Waals surface area contributed by atoms with Gasteiger partial charge in [-0.3, -0.25) is 9.05 Å². The summed E-state index contributed by atoms with van der Waals surface area (Å²) in [6.07, 6.45) is 23.1. The van der Waals surface area contributed by atoms with E-state index in [0.29, 0.717) is 17.6 Å². The lowest BCUT2D eigenvalue weighted by Crippen LogP contribution is -2.37. The smallest absolute Gasteiger partial charge is 0.388 e. The van der Waals surface area contributed by atoms with Crippen molar-refractivity contribution in [3.8, 4) is 0 Å². The summed E-state index contributed by atoms with van der Waals surface area (Å²) < 4.78 is 27.6. The third kappa shape index (κ3) is 28.2. The fourth-order valence-corrected chi connectivity index (χ4v) is 4.33. The monoisotopic (exact) mass is 522 g/mol. The Morgan fingerprint density at radius 2 is 1.26 bits per heavy atom. The molecule has 0 bridgehead atoms. The zero-order valence-electron chi connectivity index (χ0n) is 23.3. The van der Waals surface area contributed by atoms with Crippen LogP contribution in [-0.4, -0.2) is 74.7 Å². The fraction of sp³-hybridized carbons (Fsp3) is 0.926. The lowest BCUT2D eigenvalue weighted by molar-refractivity contribution is -0.870. The highest BCUT2D eigenvalue weighted by Gasteiger charge is 2.24. The molecule has 0 aliphatic rings. The van der Waals surface area contributed by atoms with Crippen LogP contribution in [0.4, 0.5) is 0 Å². The number of quaternary nitrogens is 1. The quantitative estimate of drug-likeness (QED) is 0.0574. The zero-order chi connectivity index (χ0) is 26.3. The van der Waals surface area contributed by atoms with Gasteiger partial charge in [-0.15, -0.1) is 0 Å². The summed E-state index contributed by atoms with van der Waals surface area (Å²) in [6.45, 7) is 3.22. The second-order valence-corrected chi connectivity index (χ2v) is 12.1. The molecule has 7 nitrogen and oxygen atoms in total. The van der Waals surface area contributed by atoms with Gasteiger partial charge in [0.1, 0.15) is 19.3 Å². The molecule has 2 N–H and O–H groups in total. The zero-order valence-corrected chi connectivity index (χ0v) is 24.2. The molecule has 0 heterocycles. The van der Waals surface area contributed by atoms with Crippen molar-refractivity contribution in [2.75, 3.05) is 54.1 Å². The molecular formula is C27H57NO6P+. The van der Waals surface area contributed by atoms with Crippen molar-refractivity contribution >= 4 is 7.82 Å². The summed E-state index contributed by atoms with van der Waals surface area (Å²) >= 11 is 0. The minimum Gasteiger partial charge on any atom is -0.388 e. The molecule has 0 aliphatic heterocycles. The van der Waals surface area contributed by atoms with Crippen molar-refractivity contribution in [1.82, 2.24) is 0 Å². The average Bonchev–Trinajstić information content (AvgIpc) is 2.78. The van der Waals surface area contributed by atoms with Crippen molar-refractivity contribution in [3.05, 3.63) is 12.2 Å². The van der Waals surface area contributed by atoms with E-state index in [9.17, 15) is 14.6 Å². The molecule has 0 amide bonds. The molecule has 2 atom stereocenters. The largest absolute Gasteiger partial charge is 0.472 e. The highest BCUT2D eigenvalue weighted by atomic mass is 31.2. The first-order valence-corrected chi connectivity index (χ1v) is 15.5. The van der Waals surface area contributed by atoms with E-state index in [1.165, 1.54) is 83.5 Å². The Labute approximate surface area is 216 Å². The van der Waals surface area contributed by atoms with E-state index in [-0.39, 0.29) is 19.8 Å². The van der Waals surface area contributed by atoms with E-state index in [4.69, 9.17) is 13.8 Å². The molecule has 35 heavy (non-hydrogen) atoms. The summed E-state index contributed by atoms with van der Waals surface area (Å²) in [6, 6.07) is 0. The van der Waals surface area contributed by atoms with Crippen molar-refractivity contribution in [1.29, 1.82) is 0 Å². The van der Waals surface area contributed by atoms with Crippen LogP contribution >= 0.6 is 7.82 Å². The predicted octanol–water partition coefficient (Wildman–Crippen LogP) is 6.63. The molecule has 210 valence electrons. The number of phosphoric ester groups is 1. The Morgan fingerprint density at radius 3 is 1.80 bits per heavy atom. The molecule has 0 saturated carbocycles. The number of rotatable bonds is 26. The second kappa shape index (κ2) is 22.9. The summed E-state index contributed by atoms with van der Waals surface area (Å²) in [5, 5.41) is 9.85. The first-order chi connectivity index (χ1) is 16.7. The lowest BCUT2D eigenvalue weighted by Gasteiger charge is -2.24. The summed E-state index contributed by atoms with van der Waals surface area (Å²) in [5.41, 5.74) is 0. The van der Waals surface area contributed by atoms with E-state index >= 15 is 0 Å². The molecule has 0 spiro atoms. The van der Waals surface area contributed by atoms with Crippen molar-refractivity contribution in [3.63, 3.8) is 0 Å². The standard InChI is InChI=1S/C27H56NO6P/c1-5-6-7-8-9-10-11-12-13-14-15-16-17-18-19-20-21-23-32-25-27(29)26-34-35(30,31)33-24-22-28(2,3)4/h19-20,27,29H,5-18,21-26H2,1-4H3/p+1/b20-19-/t27-/m1/s1. The van der Waals surface area contributed by atoms with Crippen molar-refractivity contribution in [2.45, 2.75) is 109 Å². The molecule has 1 unspecified atom stereocenters. The van der Waals surface area contributed by atoms with E-state index < -0.39 is 13.9 Å². The van der Waals surface area contributed by atoms with Gasteiger partial charge in [0.2, 0.25) is 0 Å². The van der Waals surface area contributed by atoms with Gasteiger partial charge >= 0.3 is 7.82 Å². The highest BCUT2D eigenvalue weighted by molar-refractivity contribution is 7.47. The Balaban J connectivity index is 3.44. The number of aliphatic hydroxyl groups is 1.